The predicted octanol–water partition coefficient (Wildman–Crippen LogP) is 3.32. The standard InChI is InChI=1S/C11H8ClF3N2O2/c1-3-6(2)19-10(18)17-8-5-16-9(12)4-7(8)11(13,14)15/h1,4-6H,2H3,(H,17,18)/t6-/m1/s1. The highest BCUT2D eigenvalue weighted by Gasteiger charge is 2.34. The molecule has 1 atom stereocenters. The average molecular weight is 293 g/mol. The van der Waals surface area contributed by atoms with Crippen molar-refractivity contribution in [2.75, 3.05) is 5.32 Å². The van der Waals surface area contributed by atoms with Crippen LogP contribution in [-0.4, -0.2) is 17.2 Å². The Morgan fingerprint density at radius 1 is 1.63 bits per heavy atom. The van der Waals surface area contributed by atoms with Crippen LogP contribution < -0.4 is 5.32 Å². The van der Waals surface area contributed by atoms with Crippen molar-refractivity contribution in [1.82, 2.24) is 4.98 Å². The minimum atomic E-state index is -4.69. The number of hydrogen-bond donors (Lipinski definition) is 1. The van der Waals surface area contributed by atoms with E-state index in [1.54, 1.807) is 0 Å². The number of halogens is 4. The highest BCUT2D eigenvalue weighted by Crippen LogP contribution is 2.35. The molecule has 1 heterocycles. The minimum Gasteiger partial charge on any atom is -0.433 e. The zero-order valence-electron chi connectivity index (χ0n) is 9.58. The molecule has 1 aromatic rings. The molecule has 1 amide bonds. The molecule has 0 aliphatic heterocycles. The van der Waals surface area contributed by atoms with E-state index >= 15 is 0 Å². The molecule has 0 unspecified atom stereocenters. The van der Waals surface area contributed by atoms with E-state index in [0.29, 0.717) is 6.07 Å². The monoisotopic (exact) mass is 292 g/mol. The van der Waals surface area contributed by atoms with Gasteiger partial charge < -0.3 is 4.74 Å². The van der Waals surface area contributed by atoms with Crippen LogP contribution >= 0.6 is 11.6 Å². The van der Waals surface area contributed by atoms with Gasteiger partial charge in [-0.15, -0.1) is 6.42 Å². The second-order valence-corrected chi connectivity index (χ2v) is 3.78. The van der Waals surface area contributed by atoms with Gasteiger partial charge in [0.2, 0.25) is 0 Å². The molecule has 0 aromatic carbocycles. The van der Waals surface area contributed by atoms with Crippen molar-refractivity contribution in [3.63, 3.8) is 0 Å². The molecule has 1 rings (SSSR count). The molecule has 0 aliphatic carbocycles. The van der Waals surface area contributed by atoms with Gasteiger partial charge in [0.05, 0.1) is 17.4 Å². The molecule has 0 bridgehead atoms. The van der Waals surface area contributed by atoms with Crippen LogP contribution in [0, 0.1) is 12.3 Å². The van der Waals surface area contributed by atoms with Gasteiger partial charge in [0.25, 0.3) is 0 Å². The summed E-state index contributed by atoms with van der Waals surface area (Å²) < 4.78 is 42.7. The van der Waals surface area contributed by atoms with E-state index in [2.05, 4.69) is 15.6 Å². The van der Waals surface area contributed by atoms with Crippen molar-refractivity contribution in [2.24, 2.45) is 0 Å². The lowest BCUT2D eigenvalue weighted by atomic mass is 10.2. The first-order valence-electron chi connectivity index (χ1n) is 4.90. The number of alkyl halides is 3. The molecular formula is C11H8ClF3N2O2. The lowest BCUT2D eigenvalue weighted by molar-refractivity contribution is -0.137. The summed E-state index contributed by atoms with van der Waals surface area (Å²) >= 11 is 5.38. The van der Waals surface area contributed by atoms with Crippen molar-refractivity contribution in [3.05, 3.63) is 23.0 Å². The van der Waals surface area contributed by atoms with Crippen LogP contribution in [0.2, 0.25) is 5.15 Å². The summed E-state index contributed by atoms with van der Waals surface area (Å²) in [6.07, 6.45) is -0.912. The number of carbonyl (C=O) groups is 1. The van der Waals surface area contributed by atoms with Crippen LogP contribution in [0.3, 0.4) is 0 Å². The third kappa shape index (κ3) is 4.34. The van der Waals surface area contributed by atoms with E-state index in [9.17, 15) is 18.0 Å². The first-order valence-corrected chi connectivity index (χ1v) is 5.28. The smallest absolute Gasteiger partial charge is 0.418 e. The maximum Gasteiger partial charge on any atom is 0.418 e. The second-order valence-electron chi connectivity index (χ2n) is 3.39. The van der Waals surface area contributed by atoms with Gasteiger partial charge in [-0.3, -0.25) is 5.32 Å². The van der Waals surface area contributed by atoms with Crippen molar-refractivity contribution >= 4 is 23.4 Å². The first-order chi connectivity index (χ1) is 8.74. The molecular weight excluding hydrogens is 285 g/mol. The summed E-state index contributed by atoms with van der Waals surface area (Å²) in [5.41, 5.74) is -1.69. The summed E-state index contributed by atoms with van der Waals surface area (Å²) in [5, 5.41) is 1.57. The maximum absolute atomic E-state index is 12.7. The van der Waals surface area contributed by atoms with Gasteiger partial charge in [-0.25, -0.2) is 9.78 Å². The largest absolute Gasteiger partial charge is 0.433 e. The van der Waals surface area contributed by atoms with Crippen molar-refractivity contribution in [1.29, 1.82) is 0 Å². The Labute approximate surface area is 111 Å². The zero-order chi connectivity index (χ0) is 14.6. The number of pyridine rings is 1. The fourth-order valence-electron chi connectivity index (χ4n) is 1.10. The van der Waals surface area contributed by atoms with E-state index in [1.807, 2.05) is 5.32 Å². The SMILES string of the molecule is C#C[C@@H](C)OC(=O)Nc1cnc(Cl)cc1C(F)(F)F. The van der Waals surface area contributed by atoms with Crippen LogP contribution in [-0.2, 0) is 10.9 Å². The Morgan fingerprint density at radius 2 is 2.26 bits per heavy atom. The highest BCUT2D eigenvalue weighted by molar-refractivity contribution is 6.29. The Hall–Kier alpha value is -1.94. The lowest BCUT2D eigenvalue weighted by Gasteiger charge is -2.14. The Bertz CT molecular complexity index is 526. The first kappa shape index (κ1) is 15.1. The molecule has 0 saturated heterocycles. The molecule has 1 aromatic heterocycles. The Balaban J connectivity index is 2.96. The van der Waals surface area contributed by atoms with Gasteiger partial charge in [-0.1, -0.05) is 17.5 Å². The lowest BCUT2D eigenvalue weighted by Crippen LogP contribution is -2.21. The number of anilines is 1. The molecule has 1 N–H and O–H groups in total. The highest BCUT2D eigenvalue weighted by atomic mass is 35.5. The molecule has 0 aliphatic rings. The number of amides is 1. The Kier molecular flexibility index (Phi) is 4.62. The second kappa shape index (κ2) is 5.80. The quantitative estimate of drug-likeness (QED) is 0.672. The van der Waals surface area contributed by atoms with E-state index in [0.717, 1.165) is 6.20 Å². The fraction of sp³-hybridized carbons (Fsp3) is 0.273. The molecule has 0 radical (unpaired) electrons. The van der Waals surface area contributed by atoms with Gasteiger partial charge in [0.1, 0.15) is 5.15 Å². The number of aromatic nitrogens is 1. The summed E-state index contributed by atoms with van der Waals surface area (Å²) in [6, 6.07) is 0.599. The minimum absolute atomic E-state index is 0.344. The number of hydrogen-bond acceptors (Lipinski definition) is 3. The summed E-state index contributed by atoms with van der Waals surface area (Å²) in [7, 11) is 0. The number of ether oxygens (including phenoxy) is 1. The molecule has 102 valence electrons. The van der Waals surface area contributed by atoms with E-state index in [4.69, 9.17) is 18.0 Å². The number of nitrogens with zero attached hydrogens (tertiary/aromatic N) is 1. The molecule has 4 nitrogen and oxygen atoms in total. The van der Waals surface area contributed by atoms with Crippen LogP contribution in [0.25, 0.3) is 0 Å². The summed E-state index contributed by atoms with van der Waals surface area (Å²) in [4.78, 5) is 14.7. The third-order valence-electron chi connectivity index (χ3n) is 1.93. The van der Waals surface area contributed by atoms with E-state index in [-0.39, 0.29) is 5.15 Å². The summed E-state index contributed by atoms with van der Waals surface area (Å²) in [5.74, 6) is 2.09. The number of nitrogens with one attached hydrogen (secondary N) is 1. The van der Waals surface area contributed by atoms with Gasteiger partial charge in [-0.05, 0) is 13.0 Å². The number of rotatable bonds is 2. The van der Waals surface area contributed by atoms with Crippen LogP contribution in [0.4, 0.5) is 23.7 Å². The fourth-order valence-corrected chi connectivity index (χ4v) is 1.26. The van der Waals surface area contributed by atoms with Gasteiger partial charge >= 0.3 is 12.3 Å². The van der Waals surface area contributed by atoms with Crippen LogP contribution in [0.5, 0.6) is 0 Å². The molecule has 8 heteroatoms. The maximum atomic E-state index is 12.7. The normalized spacial score (nSPS) is 12.4. The summed E-state index contributed by atoms with van der Waals surface area (Å²) in [6.45, 7) is 1.39. The number of terminal acetylenes is 1. The number of carbonyl (C=O) groups excluding carboxylic acids is 1. The molecule has 19 heavy (non-hydrogen) atoms. The van der Waals surface area contributed by atoms with Crippen molar-refractivity contribution in [2.45, 2.75) is 19.2 Å². The van der Waals surface area contributed by atoms with E-state index < -0.39 is 29.6 Å². The van der Waals surface area contributed by atoms with Crippen molar-refractivity contribution < 1.29 is 22.7 Å². The van der Waals surface area contributed by atoms with Crippen molar-refractivity contribution in [3.8, 4) is 12.3 Å². The van der Waals surface area contributed by atoms with Gasteiger partial charge in [0.15, 0.2) is 6.10 Å². The van der Waals surface area contributed by atoms with Gasteiger partial charge in [0, 0.05) is 0 Å². The van der Waals surface area contributed by atoms with Crippen LogP contribution in [0.15, 0.2) is 12.3 Å². The third-order valence-corrected chi connectivity index (χ3v) is 2.14. The Morgan fingerprint density at radius 3 is 2.79 bits per heavy atom. The average Bonchev–Trinajstić information content (AvgIpc) is 2.29. The zero-order valence-corrected chi connectivity index (χ0v) is 10.3. The molecule has 0 fully saturated rings. The van der Waals surface area contributed by atoms with Crippen LogP contribution in [0.1, 0.15) is 12.5 Å². The molecule has 0 saturated carbocycles. The van der Waals surface area contributed by atoms with E-state index in [1.165, 1.54) is 6.92 Å². The molecule has 0 spiro atoms. The predicted molar refractivity (Wildman–Crippen MR) is 62.6 cm³/mol. The van der Waals surface area contributed by atoms with Gasteiger partial charge in [-0.2, -0.15) is 13.2 Å². The topological polar surface area (TPSA) is 51.2 Å².